The Balaban J connectivity index is 1.70. The molecule has 2 aliphatic rings. The van der Waals surface area contributed by atoms with Gasteiger partial charge in [-0.3, -0.25) is 0 Å². The minimum Gasteiger partial charge on any atom is -0.375 e. The number of hydrogen-bond donors (Lipinski definition) is 1. The lowest BCUT2D eigenvalue weighted by molar-refractivity contribution is -0.0398. The van der Waals surface area contributed by atoms with E-state index in [1.165, 1.54) is 51.5 Å². The molecule has 1 unspecified atom stereocenters. The normalized spacial score (nSPS) is 38.6. The SMILES string of the molecule is CC1CCC(OC2CCCNCC2)CC1. The minimum absolute atomic E-state index is 0.540. The van der Waals surface area contributed by atoms with Crippen LogP contribution in [-0.4, -0.2) is 25.3 Å². The Morgan fingerprint density at radius 1 is 0.867 bits per heavy atom. The molecule has 0 bridgehead atoms. The molecule has 1 heterocycles. The highest BCUT2D eigenvalue weighted by Crippen LogP contribution is 2.27. The molecule has 1 saturated heterocycles. The summed E-state index contributed by atoms with van der Waals surface area (Å²) in [5.41, 5.74) is 0. The molecule has 1 atom stereocenters. The maximum absolute atomic E-state index is 6.22. The van der Waals surface area contributed by atoms with Gasteiger partial charge in [0.1, 0.15) is 0 Å². The summed E-state index contributed by atoms with van der Waals surface area (Å²) in [6, 6.07) is 0. The van der Waals surface area contributed by atoms with Crippen LogP contribution < -0.4 is 5.32 Å². The Kier molecular flexibility index (Phi) is 4.45. The molecule has 0 aromatic rings. The summed E-state index contributed by atoms with van der Waals surface area (Å²) in [5.74, 6) is 0.931. The van der Waals surface area contributed by atoms with Gasteiger partial charge in [-0.15, -0.1) is 0 Å². The van der Waals surface area contributed by atoms with Crippen LogP contribution in [0.4, 0.5) is 0 Å². The zero-order chi connectivity index (χ0) is 10.5. The highest BCUT2D eigenvalue weighted by atomic mass is 16.5. The fourth-order valence-electron chi connectivity index (χ4n) is 2.76. The first-order valence-corrected chi connectivity index (χ1v) is 6.71. The van der Waals surface area contributed by atoms with Crippen LogP contribution in [0.5, 0.6) is 0 Å². The highest BCUT2D eigenvalue weighted by Gasteiger charge is 2.22. The van der Waals surface area contributed by atoms with E-state index in [1.807, 2.05) is 0 Å². The number of ether oxygens (including phenoxy) is 1. The van der Waals surface area contributed by atoms with Gasteiger partial charge in [0.2, 0.25) is 0 Å². The van der Waals surface area contributed by atoms with E-state index in [0.29, 0.717) is 12.2 Å². The van der Waals surface area contributed by atoms with Crippen molar-refractivity contribution >= 4 is 0 Å². The van der Waals surface area contributed by atoms with Crippen LogP contribution in [0.3, 0.4) is 0 Å². The van der Waals surface area contributed by atoms with E-state index < -0.39 is 0 Å². The van der Waals surface area contributed by atoms with Crippen molar-refractivity contribution in [2.75, 3.05) is 13.1 Å². The second-order valence-corrected chi connectivity index (χ2v) is 5.32. The Morgan fingerprint density at radius 3 is 2.40 bits per heavy atom. The summed E-state index contributed by atoms with van der Waals surface area (Å²) >= 11 is 0. The van der Waals surface area contributed by atoms with Crippen LogP contribution >= 0.6 is 0 Å². The summed E-state index contributed by atoms with van der Waals surface area (Å²) in [4.78, 5) is 0. The first kappa shape index (κ1) is 11.4. The van der Waals surface area contributed by atoms with Gasteiger partial charge in [-0.2, -0.15) is 0 Å². The maximum atomic E-state index is 6.22. The lowest BCUT2D eigenvalue weighted by Gasteiger charge is -2.29. The Bertz CT molecular complexity index is 167. The summed E-state index contributed by atoms with van der Waals surface area (Å²) in [6.07, 6.45) is 10.2. The largest absolute Gasteiger partial charge is 0.375 e. The molecule has 2 fully saturated rings. The van der Waals surface area contributed by atoms with E-state index in [9.17, 15) is 0 Å². The van der Waals surface area contributed by atoms with Gasteiger partial charge in [0.15, 0.2) is 0 Å². The van der Waals surface area contributed by atoms with E-state index >= 15 is 0 Å². The third-order valence-corrected chi connectivity index (χ3v) is 3.87. The average molecular weight is 211 g/mol. The molecule has 0 aromatic carbocycles. The lowest BCUT2D eigenvalue weighted by Crippen LogP contribution is -2.27. The van der Waals surface area contributed by atoms with E-state index in [4.69, 9.17) is 4.74 Å². The van der Waals surface area contributed by atoms with Crippen molar-refractivity contribution in [3.8, 4) is 0 Å². The second-order valence-electron chi connectivity index (χ2n) is 5.32. The highest BCUT2D eigenvalue weighted by molar-refractivity contribution is 4.73. The van der Waals surface area contributed by atoms with Crippen molar-refractivity contribution in [2.45, 2.75) is 64.1 Å². The fraction of sp³-hybridized carbons (Fsp3) is 1.00. The third kappa shape index (κ3) is 3.76. The van der Waals surface area contributed by atoms with Crippen molar-refractivity contribution in [3.05, 3.63) is 0 Å². The van der Waals surface area contributed by atoms with Gasteiger partial charge in [-0.1, -0.05) is 6.92 Å². The summed E-state index contributed by atoms with van der Waals surface area (Å²) in [6.45, 7) is 4.70. The quantitative estimate of drug-likeness (QED) is 0.758. The van der Waals surface area contributed by atoms with E-state index in [1.54, 1.807) is 0 Å². The molecule has 15 heavy (non-hydrogen) atoms. The van der Waals surface area contributed by atoms with E-state index in [0.717, 1.165) is 12.5 Å². The molecule has 2 rings (SSSR count). The van der Waals surface area contributed by atoms with Crippen LogP contribution in [0.1, 0.15) is 51.9 Å². The topological polar surface area (TPSA) is 21.3 Å². The van der Waals surface area contributed by atoms with E-state index in [2.05, 4.69) is 12.2 Å². The van der Waals surface area contributed by atoms with Crippen molar-refractivity contribution in [2.24, 2.45) is 5.92 Å². The van der Waals surface area contributed by atoms with Gasteiger partial charge in [-0.05, 0) is 64.0 Å². The average Bonchev–Trinajstić information content (AvgIpc) is 2.50. The maximum Gasteiger partial charge on any atom is 0.0591 e. The molecule has 1 saturated carbocycles. The minimum atomic E-state index is 0.540. The van der Waals surface area contributed by atoms with E-state index in [-0.39, 0.29) is 0 Å². The molecule has 1 aliphatic heterocycles. The number of nitrogens with one attached hydrogen (secondary N) is 1. The molecule has 0 radical (unpaired) electrons. The van der Waals surface area contributed by atoms with Gasteiger partial charge in [0.05, 0.1) is 12.2 Å². The first-order valence-electron chi connectivity index (χ1n) is 6.71. The van der Waals surface area contributed by atoms with Gasteiger partial charge in [0, 0.05) is 0 Å². The summed E-state index contributed by atoms with van der Waals surface area (Å²) in [5, 5.41) is 3.44. The zero-order valence-electron chi connectivity index (χ0n) is 10.0. The zero-order valence-corrected chi connectivity index (χ0v) is 10.0. The lowest BCUT2D eigenvalue weighted by atomic mass is 9.89. The van der Waals surface area contributed by atoms with Crippen LogP contribution in [-0.2, 0) is 4.74 Å². The molecule has 0 aromatic heterocycles. The smallest absolute Gasteiger partial charge is 0.0591 e. The molecule has 1 aliphatic carbocycles. The number of rotatable bonds is 2. The second kappa shape index (κ2) is 5.86. The fourth-order valence-corrected chi connectivity index (χ4v) is 2.76. The van der Waals surface area contributed by atoms with Crippen molar-refractivity contribution < 1.29 is 4.74 Å². The Morgan fingerprint density at radius 2 is 1.60 bits per heavy atom. The van der Waals surface area contributed by atoms with Crippen molar-refractivity contribution in [1.82, 2.24) is 5.32 Å². The molecule has 88 valence electrons. The molecular formula is C13H25NO. The molecule has 1 N–H and O–H groups in total. The van der Waals surface area contributed by atoms with Crippen molar-refractivity contribution in [1.29, 1.82) is 0 Å². The Hall–Kier alpha value is -0.0800. The molecule has 0 spiro atoms. The van der Waals surface area contributed by atoms with Gasteiger partial charge in [0.25, 0.3) is 0 Å². The third-order valence-electron chi connectivity index (χ3n) is 3.87. The van der Waals surface area contributed by atoms with Crippen LogP contribution in [0.2, 0.25) is 0 Å². The van der Waals surface area contributed by atoms with Gasteiger partial charge in [-0.25, -0.2) is 0 Å². The monoisotopic (exact) mass is 211 g/mol. The standard InChI is InChI=1S/C13H25NO/c1-11-4-6-13(7-5-11)15-12-3-2-9-14-10-8-12/h11-14H,2-10H2,1H3. The molecule has 0 amide bonds. The predicted octanol–water partition coefficient (Wildman–Crippen LogP) is 2.72. The molecule has 2 heteroatoms. The summed E-state index contributed by atoms with van der Waals surface area (Å²) in [7, 11) is 0. The first-order chi connectivity index (χ1) is 7.34. The molecule has 2 nitrogen and oxygen atoms in total. The van der Waals surface area contributed by atoms with Gasteiger partial charge >= 0.3 is 0 Å². The summed E-state index contributed by atoms with van der Waals surface area (Å²) < 4.78 is 6.22. The van der Waals surface area contributed by atoms with Crippen LogP contribution in [0.25, 0.3) is 0 Å². The van der Waals surface area contributed by atoms with Crippen LogP contribution in [0.15, 0.2) is 0 Å². The van der Waals surface area contributed by atoms with Gasteiger partial charge < -0.3 is 10.1 Å². The predicted molar refractivity (Wildman–Crippen MR) is 63.0 cm³/mol. The number of hydrogen-bond acceptors (Lipinski definition) is 2. The Labute approximate surface area is 93.8 Å². The van der Waals surface area contributed by atoms with Crippen molar-refractivity contribution in [3.63, 3.8) is 0 Å². The van der Waals surface area contributed by atoms with Crippen LogP contribution in [0, 0.1) is 5.92 Å². The molecular weight excluding hydrogens is 186 g/mol.